The smallest absolute Gasteiger partial charge is 0.129 e. The van der Waals surface area contributed by atoms with E-state index in [0.29, 0.717) is 17.7 Å². The third kappa shape index (κ3) is 3.37. The summed E-state index contributed by atoms with van der Waals surface area (Å²) in [5, 5.41) is 12.0. The molecule has 2 rings (SSSR count). The van der Waals surface area contributed by atoms with E-state index in [-0.39, 0.29) is 5.82 Å². The van der Waals surface area contributed by atoms with Crippen LogP contribution >= 0.6 is 15.9 Å². The third-order valence-corrected chi connectivity index (χ3v) is 3.59. The first kappa shape index (κ1) is 14.5. The van der Waals surface area contributed by atoms with E-state index in [4.69, 9.17) is 5.26 Å². The first-order chi connectivity index (χ1) is 9.63. The van der Waals surface area contributed by atoms with Crippen LogP contribution in [0.1, 0.15) is 23.6 Å². The lowest BCUT2D eigenvalue weighted by atomic mass is 10.1. The average Bonchev–Trinajstić information content (AvgIpc) is 2.46. The van der Waals surface area contributed by atoms with Gasteiger partial charge in [0.25, 0.3) is 0 Å². The number of anilines is 1. The van der Waals surface area contributed by atoms with Gasteiger partial charge in [0.05, 0.1) is 11.6 Å². The highest BCUT2D eigenvalue weighted by molar-refractivity contribution is 9.10. The Bertz CT molecular complexity index is 662. The number of nitrogens with zero attached hydrogens (tertiary/aromatic N) is 1. The molecule has 4 heteroatoms. The number of hydrogen-bond acceptors (Lipinski definition) is 2. The molecule has 0 aliphatic heterocycles. The monoisotopic (exact) mass is 332 g/mol. The standard InChI is InChI=1S/C16H14BrFN2/c1-2-12-8-14(17)5-6-16(12)20-10-13-4-3-11(9-19)7-15(13)18/h3-8,20H,2,10H2,1H3. The van der Waals surface area contributed by atoms with E-state index in [1.807, 2.05) is 18.2 Å². The fourth-order valence-electron chi connectivity index (χ4n) is 1.98. The van der Waals surface area contributed by atoms with E-state index in [1.54, 1.807) is 12.1 Å². The fourth-order valence-corrected chi connectivity index (χ4v) is 2.39. The van der Waals surface area contributed by atoms with Crippen LogP contribution in [0.2, 0.25) is 0 Å². The molecular formula is C16H14BrFN2. The van der Waals surface area contributed by atoms with Crippen LogP contribution in [0.15, 0.2) is 40.9 Å². The zero-order valence-electron chi connectivity index (χ0n) is 11.1. The average molecular weight is 333 g/mol. The summed E-state index contributed by atoms with van der Waals surface area (Å²) in [5.41, 5.74) is 3.06. The highest BCUT2D eigenvalue weighted by atomic mass is 79.9. The Balaban J connectivity index is 2.15. The molecule has 0 aromatic heterocycles. The molecule has 0 unspecified atom stereocenters. The van der Waals surface area contributed by atoms with E-state index in [9.17, 15) is 4.39 Å². The molecule has 0 aliphatic rings. The molecule has 0 aliphatic carbocycles. The Morgan fingerprint density at radius 3 is 2.65 bits per heavy atom. The van der Waals surface area contributed by atoms with E-state index in [2.05, 4.69) is 34.2 Å². The topological polar surface area (TPSA) is 35.8 Å². The summed E-state index contributed by atoms with van der Waals surface area (Å²) in [6.07, 6.45) is 0.900. The number of hydrogen-bond donors (Lipinski definition) is 1. The van der Waals surface area contributed by atoms with E-state index >= 15 is 0 Å². The maximum Gasteiger partial charge on any atom is 0.129 e. The van der Waals surface area contributed by atoms with Crippen molar-refractivity contribution < 1.29 is 4.39 Å². The zero-order chi connectivity index (χ0) is 14.5. The van der Waals surface area contributed by atoms with Crippen LogP contribution in [-0.2, 0) is 13.0 Å². The molecule has 0 saturated heterocycles. The van der Waals surface area contributed by atoms with Crippen molar-refractivity contribution >= 4 is 21.6 Å². The summed E-state index contributed by atoms with van der Waals surface area (Å²) in [4.78, 5) is 0. The van der Waals surface area contributed by atoms with E-state index in [1.165, 1.54) is 11.6 Å². The molecule has 0 heterocycles. The van der Waals surface area contributed by atoms with Crippen molar-refractivity contribution in [2.45, 2.75) is 19.9 Å². The van der Waals surface area contributed by atoms with Gasteiger partial charge in [-0.05, 0) is 42.3 Å². The van der Waals surface area contributed by atoms with Crippen LogP contribution in [0.4, 0.5) is 10.1 Å². The van der Waals surface area contributed by atoms with Crippen LogP contribution in [0.25, 0.3) is 0 Å². The summed E-state index contributed by atoms with van der Waals surface area (Å²) < 4.78 is 14.8. The predicted molar refractivity (Wildman–Crippen MR) is 82.0 cm³/mol. The van der Waals surface area contributed by atoms with Crippen LogP contribution in [-0.4, -0.2) is 0 Å². The Kier molecular flexibility index (Phi) is 4.75. The summed E-state index contributed by atoms with van der Waals surface area (Å²) in [6, 6.07) is 12.4. The molecule has 0 spiro atoms. The molecule has 0 bridgehead atoms. The predicted octanol–water partition coefficient (Wildman–Crippen LogP) is 4.63. The Hall–Kier alpha value is -1.86. The molecular weight excluding hydrogens is 319 g/mol. The van der Waals surface area contributed by atoms with Gasteiger partial charge in [-0.3, -0.25) is 0 Å². The van der Waals surface area contributed by atoms with Crippen LogP contribution in [0.5, 0.6) is 0 Å². The Morgan fingerprint density at radius 2 is 2.00 bits per heavy atom. The SMILES string of the molecule is CCc1cc(Br)ccc1NCc1ccc(C#N)cc1F. The van der Waals surface area contributed by atoms with Crippen molar-refractivity contribution in [2.75, 3.05) is 5.32 Å². The van der Waals surface area contributed by atoms with Gasteiger partial charge in [-0.1, -0.05) is 28.9 Å². The minimum atomic E-state index is -0.355. The van der Waals surface area contributed by atoms with Gasteiger partial charge < -0.3 is 5.32 Å². The lowest BCUT2D eigenvalue weighted by molar-refractivity contribution is 0.612. The molecule has 1 N–H and O–H groups in total. The van der Waals surface area contributed by atoms with Gasteiger partial charge in [-0.25, -0.2) is 4.39 Å². The maximum atomic E-state index is 13.8. The first-order valence-electron chi connectivity index (χ1n) is 6.35. The second kappa shape index (κ2) is 6.53. The second-order valence-corrected chi connectivity index (χ2v) is 5.34. The Morgan fingerprint density at radius 1 is 1.20 bits per heavy atom. The van der Waals surface area contributed by atoms with Crippen molar-refractivity contribution in [1.29, 1.82) is 5.26 Å². The molecule has 2 aromatic rings. The number of nitrogens with one attached hydrogen (secondary N) is 1. The number of aryl methyl sites for hydroxylation is 1. The van der Waals surface area contributed by atoms with Crippen molar-refractivity contribution in [3.63, 3.8) is 0 Å². The summed E-state index contributed by atoms with van der Waals surface area (Å²) in [5.74, 6) is -0.355. The van der Waals surface area contributed by atoms with Crippen LogP contribution in [0, 0.1) is 17.1 Å². The fraction of sp³-hybridized carbons (Fsp3) is 0.188. The van der Waals surface area contributed by atoms with Crippen molar-refractivity contribution in [1.82, 2.24) is 0 Å². The number of halogens is 2. The second-order valence-electron chi connectivity index (χ2n) is 4.43. The molecule has 0 fully saturated rings. The van der Waals surface area contributed by atoms with Gasteiger partial charge in [0.2, 0.25) is 0 Å². The minimum absolute atomic E-state index is 0.337. The van der Waals surface area contributed by atoms with Gasteiger partial charge in [-0.2, -0.15) is 5.26 Å². The zero-order valence-corrected chi connectivity index (χ0v) is 12.7. The van der Waals surface area contributed by atoms with E-state index < -0.39 is 0 Å². The molecule has 0 amide bonds. The number of benzene rings is 2. The van der Waals surface area contributed by atoms with Crippen molar-refractivity contribution in [3.8, 4) is 6.07 Å². The minimum Gasteiger partial charge on any atom is -0.381 e. The molecule has 102 valence electrons. The summed E-state index contributed by atoms with van der Waals surface area (Å²) in [6.45, 7) is 2.47. The quantitative estimate of drug-likeness (QED) is 0.885. The first-order valence-corrected chi connectivity index (χ1v) is 7.14. The normalized spacial score (nSPS) is 10.1. The maximum absolute atomic E-state index is 13.8. The molecule has 0 radical (unpaired) electrons. The van der Waals surface area contributed by atoms with Gasteiger partial charge in [0.15, 0.2) is 0 Å². The van der Waals surface area contributed by atoms with Crippen LogP contribution in [0.3, 0.4) is 0 Å². The molecule has 0 saturated carbocycles. The number of rotatable bonds is 4. The van der Waals surface area contributed by atoms with Gasteiger partial charge in [-0.15, -0.1) is 0 Å². The van der Waals surface area contributed by atoms with Crippen LogP contribution < -0.4 is 5.32 Å². The van der Waals surface area contributed by atoms with Gasteiger partial charge in [0.1, 0.15) is 5.82 Å². The van der Waals surface area contributed by atoms with Crippen molar-refractivity contribution in [3.05, 3.63) is 63.4 Å². The molecule has 20 heavy (non-hydrogen) atoms. The van der Waals surface area contributed by atoms with Gasteiger partial charge in [0, 0.05) is 22.3 Å². The molecule has 2 nitrogen and oxygen atoms in total. The van der Waals surface area contributed by atoms with Crippen molar-refractivity contribution in [2.24, 2.45) is 0 Å². The van der Waals surface area contributed by atoms with E-state index in [0.717, 1.165) is 16.6 Å². The molecule has 0 atom stereocenters. The largest absolute Gasteiger partial charge is 0.381 e. The van der Waals surface area contributed by atoms with Gasteiger partial charge >= 0.3 is 0 Å². The highest BCUT2D eigenvalue weighted by Crippen LogP contribution is 2.22. The summed E-state index contributed by atoms with van der Waals surface area (Å²) >= 11 is 3.44. The highest BCUT2D eigenvalue weighted by Gasteiger charge is 2.05. The number of nitriles is 1. The third-order valence-electron chi connectivity index (χ3n) is 3.10. The lowest BCUT2D eigenvalue weighted by Gasteiger charge is -2.12. The summed E-state index contributed by atoms with van der Waals surface area (Å²) in [7, 11) is 0. The molecule has 2 aromatic carbocycles. The lowest BCUT2D eigenvalue weighted by Crippen LogP contribution is -2.04. The Labute approximate surface area is 126 Å².